The molecule has 2 atom stereocenters. The van der Waals surface area contributed by atoms with E-state index in [1.807, 2.05) is 0 Å². The highest BCUT2D eigenvalue weighted by Gasteiger charge is 2.61. The molecule has 122 valence electrons. The first-order valence-electron chi connectivity index (χ1n) is 5.27. The van der Waals surface area contributed by atoms with Crippen LogP contribution in [0.3, 0.4) is 0 Å². The summed E-state index contributed by atoms with van der Waals surface area (Å²) in [7, 11) is 0. The number of hydrogen-bond donors (Lipinski definition) is 2. The highest BCUT2D eigenvalue weighted by Crippen LogP contribution is 2.30. The van der Waals surface area contributed by atoms with Gasteiger partial charge in [-0.3, -0.25) is 9.59 Å². The van der Waals surface area contributed by atoms with Crippen LogP contribution in [-0.2, 0) is 9.59 Å². The zero-order chi connectivity index (χ0) is 17.0. The van der Waals surface area contributed by atoms with Crippen molar-refractivity contribution in [2.24, 2.45) is 0 Å². The molecule has 0 aliphatic carbocycles. The topological polar surface area (TPSA) is 98.8 Å². The van der Waals surface area contributed by atoms with Crippen LogP contribution >= 0.6 is 0 Å². The lowest BCUT2D eigenvalue weighted by Gasteiger charge is -2.21. The normalized spacial score (nSPS) is 25.0. The van der Waals surface area contributed by atoms with E-state index in [1.54, 1.807) is 10.6 Å². The molecule has 2 saturated heterocycles. The van der Waals surface area contributed by atoms with Crippen LogP contribution in [0.25, 0.3) is 0 Å². The predicted molar refractivity (Wildman–Crippen MR) is 50.4 cm³/mol. The van der Waals surface area contributed by atoms with E-state index in [1.165, 1.54) is 0 Å². The Hall–Kier alpha value is -2.54. The molecule has 2 aliphatic rings. The molecule has 2 fully saturated rings. The molecular formula is C8H4F6N4O4. The Balaban J connectivity index is 2.33. The van der Waals surface area contributed by atoms with Crippen LogP contribution in [0, 0.1) is 0 Å². The first kappa shape index (κ1) is 15.8. The van der Waals surface area contributed by atoms with Crippen molar-refractivity contribution in [1.82, 2.24) is 20.4 Å². The van der Waals surface area contributed by atoms with E-state index in [0.29, 0.717) is 0 Å². The highest BCUT2D eigenvalue weighted by atomic mass is 19.4. The van der Waals surface area contributed by atoms with Crippen LogP contribution in [0.15, 0.2) is 0 Å². The number of rotatable bonds is 0. The molecule has 0 bridgehead atoms. The Bertz CT molecular complexity index is 522. The summed E-state index contributed by atoms with van der Waals surface area (Å²) in [4.78, 5) is 43.8. The molecular weight excluding hydrogens is 330 g/mol. The van der Waals surface area contributed by atoms with Gasteiger partial charge in [-0.15, -0.1) is 0 Å². The summed E-state index contributed by atoms with van der Waals surface area (Å²) in [6.07, 6.45) is -15.2. The van der Waals surface area contributed by atoms with Crippen molar-refractivity contribution in [3.63, 3.8) is 0 Å². The number of hydrogen-bond acceptors (Lipinski definition) is 4. The summed E-state index contributed by atoms with van der Waals surface area (Å²) in [5, 5.41) is 3.08. The van der Waals surface area contributed by atoms with E-state index in [4.69, 9.17) is 0 Å². The number of amides is 6. The van der Waals surface area contributed by atoms with Crippen LogP contribution < -0.4 is 10.6 Å². The van der Waals surface area contributed by atoms with Crippen LogP contribution in [0.4, 0.5) is 35.9 Å². The molecule has 2 heterocycles. The van der Waals surface area contributed by atoms with Gasteiger partial charge in [0, 0.05) is 0 Å². The number of nitrogens with zero attached hydrogens (tertiary/aromatic N) is 2. The number of carbonyl (C=O) groups excluding carboxylic acids is 4. The minimum absolute atomic E-state index is 0.508. The molecule has 0 aromatic heterocycles. The number of halogens is 6. The van der Waals surface area contributed by atoms with Crippen molar-refractivity contribution >= 4 is 23.9 Å². The minimum atomic E-state index is -5.50. The monoisotopic (exact) mass is 334 g/mol. The zero-order valence-electron chi connectivity index (χ0n) is 9.95. The molecule has 0 radical (unpaired) electrons. The van der Waals surface area contributed by atoms with Crippen molar-refractivity contribution in [1.29, 1.82) is 0 Å². The van der Waals surface area contributed by atoms with Crippen LogP contribution in [0.1, 0.15) is 0 Å². The third-order valence-corrected chi connectivity index (χ3v) is 2.76. The lowest BCUT2D eigenvalue weighted by Crippen LogP contribution is -2.51. The third kappa shape index (κ3) is 2.29. The second kappa shape index (κ2) is 4.48. The van der Waals surface area contributed by atoms with Gasteiger partial charge in [-0.05, 0) is 0 Å². The minimum Gasteiger partial charge on any atom is -0.313 e. The summed E-state index contributed by atoms with van der Waals surface area (Å²) >= 11 is 0. The van der Waals surface area contributed by atoms with Crippen LogP contribution in [0.2, 0.25) is 0 Å². The van der Waals surface area contributed by atoms with Gasteiger partial charge in [0.2, 0.25) is 0 Å². The molecule has 0 saturated carbocycles. The van der Waals surface area contributed by atoms with Gasteiger partial charge in [0.15, 0.2) is 12.3 Å². The first-order valence-corrected chi connectivity index (χ1v) is 5.27. The van der Waals surface area contributed by atoms with E-state index in [9.17, 15) is 45.5 Å². The van der Waals surface area contributed by atoms with E-state index in [-0.39, 0.29) is 0 Å². The predicted octanol–water partition coefficient (Wildman–Crippen LogP) is -0.133. The lowest BCUT2D eigenvalue weighted by atomic mass is 10.3. The maximum Gasteiger partial charge on any atom is 0.471 e. The molecule has 8 nitrogen and oxygen atoms in total. The molecule has 0 spiro atoms. The Morgan fingerprint density at radius 1 is 0.773 bits per heavy atom. The fourth-order valence-electron chi connectivity index (χ4n) is 1.92. The molecule has 0 aromatic rings. The highest BCUT2D eigenvalue weighted by molar-refractivity contribution is 6.04. The largest absolute Gasteiger partial charge is 0.471 e. The summed E-state index contributed by atoms with van der Waals surface area (Å²) in [5.41, 5.74) is 0. The average Bonchev–Trinajstić information content (AvgIpc) is 2.78. The molecule has 2 N–H and O–H groups in total. The van der Waals surface area contributed by atoms with Crippen molar-refractivity contribution in [2.75, 3.05) is 0 Å². The van der Waals surface area contributed by atoms with Gasteiger partial charge in [-0.2, -0.15) is 26.3 Å². The van der Waals surface area contributed by atoms with Crippen molar-refractivity contribution in [3.8, 4) is 0 Å². The lowest BCUT2D eigenvalue weighted by molar-refractivity contribution is -0.185. The van der Waals surface area contributed by atoms with Gasteiger partial charge in [-0.25, -0.2) is 19.4 Å². The van der Waals surface area contributed by atoms with Crippen molar-refractivity contribution in [2.45, 2.75) is 24.7 Å². The van der Waals surface area contributed by atoms with Gasteiger partial charge in [0.1, 0.15) is 0 Å². The molecule has 22 heavy (non-hydrogen) atoms. The second-order valence-corrected chi connectivity index (χ2v) is 4.13. The summed E-state index contributed by atoms with van der Waals surface area (Å²) in [5.74, 6) is -5.39. The average molecular weight is 334 g/mol. The smallest absolute Gasteiger partial charge is 0.313 e. The van der Waals surface area contributed by atoms with E-state index < -0.39 is 58.4 Å². The summed E-state index contributed by atoms with van der Waals surface area (Å²) in [6, 6.07) is -3.39. The van der Waals surface area contributed by atoms with Crippen LogP contribution in [0.5, 0.6) is 0 Å². The number of fused-ring (bicyclic) bond motifs is 1. The fraction of sp³-hybridized carbons (Fsp3) is 0.500. The number of alkyl halides is 6. The van der Waals surface area contributed by atoms with Gasteiger partial charge < -0.3 is 10.6 Å². The van der Waals surface area contributed by atoms with Gasteiger partial charge >= 0.3 is 36.2 Å². The Morgan fingerprint density at radius 3 is 1.27 bits per heavy atom. The Labute approximate surface area is 116 Å². The van der Waals surface area contributed by atoms with Gasteiger partial charge in [0.25, 0.3) is 0 Å². The number of imide groups is 2. The molecule has 14 heteroatoms. The number of urea groups is 2. The van der Waals surface area contributed by atoms with Crippen LogP contribution in [-0.4, -0.2) is 58.4 Å². The molecule has 2 aliphatic heterocycles. The van der Waals surface area contributed by atoms with Gasteiger partial charge in [-0.1, -0.05) is 0 Å². The maximum absolute atomic E-state index is 12.3. The van der Waals surface area contributed by atoms with Gasteiger partial charge in [0.05, 0.1) is 0 Å². The standard InChI is InChI=1S/C8H4F6N4O4/c9-7(10,11)3(19)17-1-2(16-6(17)22)18(5(21)15-1)4(20)8(12,13)14/h1-2H,(H,15,21)(H,16,22)/t1-,2-/m1/s1. The first-order chi connectivity index (χ1) is 9.85. The number of nitrogens with one attached hydrogen (secondary N) is 2. The zero-order valence-corrected chi connectivity index (χ0v) is 9.95. The summed E-state index contributed by atoms with van der Waals surface area (Å²) < 4.78 is 74.0. The fourth-order valence-corrected chi connectivity index (χ4v) is 1.92. The van der Waals surface area contributed by atoms with Crippen molar-refractivity contribution < 1.29 is 45.5 Å². The quantitative estimate of drug-likeness (QED) is 0.603. The molecule has 0 aromatic carbocycles. The second-order valence-electron chi connectivity index (χ2n) is 4.13. The van der Waals surface area contributed by atoms with E-state index in [0.717, 1.165) is 0 Å². The Morgan fingerprint density at radius 2 is 1.05 bits per heavy atom. The maximum atomic E-state index is 12.3. The molecule has 6 amide bonds. The molecule has 0 unspecified atom stereocenters. The SMILES string of the molecule is O=C1N[C@H]2[C@H](NC(=O)N2C(=O)C(F)(F)F)N1C(=O)C(F)(F)F. The summed E-state index contributed by atoms with van der Waals surface area (Å²) in [6.45, 7) is 0. The van der Waals surface area contributed by atoms with Crippen molar-refractivity contribution in [3.05, 3.63) is 0 Å². The van der Waals surface area contributed by atoms with E-state index in [2.05, 4.69) is 0 Å². The van der Waals surface area contributed by atoms with E-state index >= 15 is 0 Å². The third-order valence-electron chi connectivity index (χ3n) is 2.76. The number of carbonyl (C=O) groups is 4. The Kier molecular flexibility index (Phi) is 3.22. The molecule has 2 rings (SSSR count).